The summed E-state index contributed by atoms with van der Waals surface area (Å²) >= 11 is 0. The topological polar surface area (TPSA) is 115 Å². The van der Waals surface area contributed by atoms with Crippen LogP contribution in [0, 0.1) is 0 Å². The third-order valence-electron chi connectivity index (χ3n) is 6.41. The molecule has 2 aromatic heterocycles. The van der Waals surface area contributed by atoms with E-state index in [0.717, 1.165) is 37.0 Å². The third-order valence-corrected chi connectivity index (χ3v) is 6.41. The lowest BCUT2D eigenvalue weighted by atomic mass is 10.2. The number of rotatable bonds is 9. The molecule has 0 bridgehead atoms. The van der Waals surface area contributed by atoms with E-state index in [1.165, 1.54) is 12.5 Å². The van der Waals surface area contributed by atoms with E-state index < -0.39 is 0 Å². The van der Waals surface area contributed by atoms with Gasteiger partial charge >= 0.3 is 0 Å². The van der Waals surface area contributed by atoms with E-state index in [1.807, 2.05) is 36.4 Å². The number of nitrogens with zero attached hydrogens (tertiary/aromatic N) is 3. The first-order valence-corrected chi connectivity index (χ1v) is 12.6. The lowest BCUT2D eigenvalue weighted by Gasteiger charge is -2.16. The Morgan fingerprint density at radius 2 is 1.78 bits per heavy atom. The lowest BCUT2D eigenvalue weighted by molar-refractivity contribution is -0.118. The number of anilines is 1. The van der Waals surface area contributed by atoms with E-state index in [9.17, 15) is 9.59 Å². The molecule has 1 fully saturated rings. The smallest absolute Gasteiger partial charge is 0.268 e. The van der Waals surface area contributed by atoms with Crippen molar-refractivity contribution < 1.29 is 9.59 Å². The molecule has 0 radical (unpaired) electrons. The standard InChI is InChI=1S/C28H31N7O2/c1-19(36)29-13-14-30-26-23-16-24(32-27(23)34-25(33-26)21-10-6-3-7-11-21)28(37)31-22-12-15-35(18-22)17-20-8-4-2-5-9-20/h2-11,16,22H,12-15,17-18H2,1H3,(H,29,36)(H,31,37)(H2,30,32,33,34). The molecule has 1 atom stereocenters. The van der Waals surface area contributed by atoms with Crippen molar-refractivity contribution in [2.75, 3.05) is 31.5 Å². The van der Waals surface area contributed by atoms with Crippen LogP contribution in [0.5, 0.6) is 0 Å². The van der Waals surface area contributed by atoms with Crippen molar-refractivity contribution in [1.82, 2.24) is 30.5 Å². The molecular formula is C28H31N7O2. The second-order valence-corrected chi connectivity index (χ2v) is 9.30. The zero-order chi connectivity index (χ0) is 25.6. The van der Waals surface area contributed by atoms with Gasteiger partial charge in [-0.2, -0.15) is 0 Å². The fourth-order valence-corrected chi connectivity index (χ4v) is 4.60. The van der Waals surface area contributed by atoms with Crippen molar-refractivity contribution in [3.8, 4) is 11.4 Å². The first-order chi connectivity index (χ1) is 18.0. The molecule has 0 saturated carbocycles. The van der Waals surface area contributed by atoms with E-state index >= 15 is 0 Å². The third kappa shape index (κ3) is 6.13. The monoisotopic (exact) mass is 497 g/mol. The number of nitrogens with one attached hydrogen (secondary N) is 4. The van der Waals surface area contributed by atoms with Gasteiger partial charge in [0.2, 0.25) is 5.91 Å². The Bertz CT molecular complexity index is 1370. The van der Waals surface area contributed by atoms with Crippen LogP contribution in [0.1, 0.15) is 29.4 Å². The van der Waals surface area contributed by atoms with Crippen LogP contribution in [0.4, 0.5) is 5.82 Å². The zero-order valence-corrected chi connectivity index (χ0v) is 20.8. The molecule has 1 saturated heterocycles. The predicted octanol–water partition coefficient (Wildman–Crippen LogP) is 3.18. The van der Waals surface area contributed by atoms with Gasteiger partial charge in [0.15, 0.2) is 5.82 Å². The van der Waals surface area contributed by atoms with Gasteiger partial charge in [0.25, 0.3) is 5.91 Å². The normalized spacial score (nSPS) is 15.5. The van der Waals surface area contributed by atoms with Crippen molar-refractivity contribution in [3.05, 3.63) is 78.0 Å². The highest BCUT2D eigenvalue weighted by molar-refractivity contribution is 6.00. The number of H-pyrrole nitrogens is 1. The molecule has 0 spiro atoms. The number of benzene rings is 2. The molecule has 1 aliphatic heterocycles. The van der Waals surface area contributed by atoms with Crippen LogP contribution in [0.2, 0.25) is 0 Å². The van der Waals surface area contributed by atoms with E-state index in [0.29, 0.717) is 36.1 Å². The summed E-state index contributed by atoms with van der Waals surface area (Å²) in [6, 6.07) is 22.0. The lowest BCUT2D eigenvalue weighted by Crippen LogP contribution is -2.37. The van der Waals surface area contributed by atoms with Crippen molar-refractivity contribution in [3.63, 3.8) is 0 Å². The summed E-state index contributed by atoms with van der Waals surface area (Å²) < 4.78 is 0. The van der Waals surface area contributed by atoms with Gasteiger partial charge < -0.3 is 20.9 Å². The van der Waals surface area contributed by atoms with Crippen molar-refractivity contribution in [2.24, 2.45) is 0 Å². The highest BCUT2D eigenvalue weighted by Crippen LogP contribution is 2.26. The van der Waals surface area contributed by atoms with Gasteiger partial charge in [-0.15, -0.1) is 0 Å². The number of likely N-dealkylation sites (tertiary alicyclic amines) is 1. The number of carbonyl (C=O) groups excluding carboxylic acids is 2. The minimum Gasteiger partial charge on any atom is -0.368 e. The summed E-state index contributed by atoms with van der Waals surface area (Å²) in [6.07, 6.45) is 0.909. The summed E-state index contributed by atoms with van der Waals surface area (Å²) in [5.74, 6) is 0.917. The Labute approximate surface area is 215 Å². The van der Waals surface area contributed by atoms with Gasteiger partial charge in [0, 0.05) is 51.3 Å². The largest absolute Gasteiger partial charge is 0.368 e. The van der Waals surface area contributed by atoms with Gasteiger partial charge in [0.05, 0.1) is 5.39 Å². The zero-order valence-electron chi connectivity index (χ0n) is 20.8. The van der Waals surface area contributed by atoms with Gasteiger partial charge in [-0.25, -0.2) is 9.97 Å². The Morgan fingerprint density at radius 1 is 1.03 bits per heavy atom. The summed E-state index contributed by atoms with van der Waals surface area (Å²) in [6.45, 7) is 5.08. The maximum Gasteiger partial charge on any atom is 0.268 e. The van der Waals surface area contributed by atoms with Crippen LogP contribution < -0.4 is 16.0 Å². The molecule has 1 aliphatic rings. The van der Waals surface area contributed by atoms with Crippen molar-refractivity contribution in [1.29, 1.82) is 0 Å². The fourth-order valence-electron chi connectivity index (χ4n) is 4.60. The van der Waals surface area contributed by atoms with E-state index in [1.54, 1.807) is 6.07 Å². The maximum absolute atomic E-state index is 13.2. The quantitative estimate of drug-likeness (QED) is 0.264. The maximum atomic E-state index is 13.2. The van der Waals surface area contributed by atoms with E-state index in [4.69, 9.17) is 9.97 Å². The number of aromatic amines is 1. The second-order valence-electron chi connectivity index (χ2n) is 9.30. The molecule has 4 aromatic rings. The predicted molar refractivity (Wildman–Crippen MR) is 144 cm³/mol. The number of aromatic nitrogens is 3. The summed E-state index contributed by atoms with van der Waals surface area (Å²) in [7, 11) is 0. The van der Waals surface area contributed by atoms with Crippen molar-refractivity contribution in [2.45, 2.75) is 25.9 Å². The van der Waals surface area contributed by atoms with Gasteiger partial charge in [0.1, 0.15) is 17.2 Å². The van der Waals surface area contributed by atoms with E-state index in [-0.39, 0.29) is 17.9 Å². The Morgan fingerprint density at radius 3 is 2.54 bits per heavy atom. The number of amides is 2. The first-order valence-electron chi connectivity index (χ1n) is 12.6. The summed E-state index contributed by atoms with van der Waals surface area (Å²) in [4.78, 5) is 39.3. The minimum absolute atomic E-state index is 0.0869. The highest BCUT2D eigenvalue weighted by atomic mass is 16.2. The second kappa shape index (κ2) is 11.2. The summed E-state index contributed by atoms with van der Waals surface area (Å²) in [5, 5.41) is 9.96. The fraction of sp³-hybridized carbons (Fsp3) is 0.286. The average molecular weight is 498 g/mol. The molecule has 0 aliphatic carbocycles. The number of hydrogen-bond donors (Lipinski definition) is 4. The van der Waals surface area contributed by atoms with Crippen LogP contribution in [0.15, 0.2) is 66.7 Å². The average Bonchev–Trinajstić information content (AvgIpc) is 3.54. The molecule has 2 amide bonds. The van der Waals surface area contributed by atoms with Crippen LogP contribution in [-0.4, -0.2) is 63.9 Å². The molecule has 190 valence electrons. The van der Waals surface area contributed by atoms with Crippen LogP contribution in [-0.2, 0) is 11.3 Å². The van der Waals surface area contributed by atoms with Crippen LogP contribution in [0.25, 0.3) is 22.4 Å². The first kappa shape index (κ1) is 24.5. The highest BCUT2D eigenvalue weighted by Gasteiger charge is 2.25. The molecule has 9 nitrogen and oxygen atoms in total. The summed E-state index contributed by atoms with van der Waals surface area (Å²) in [5.41, 5.74) is 3.18. The molecule has 4 N–H and O–H groups in total. The Kier molecular flexibility index (Phi) is 7.41. The van der Waals surface area contributed by atoms with Crippen LogP contribution in [0.3, 0.4) is 0 Å². The minimum atomic E-state index is -0.157. The van der Waals surface area contributed by atoms with Crippen molar-refractivity contribution >= 4 is 28.7 Å². The molecule has 37 heavy (non-hydrogen) atoms. The molecule has 1 unspecified atom stereocenters. The number of fused-ring (bicyclic) bond motifs is 1. The van der Waals surface area contributed by atoms with Gasteiger partial charge in [-0.05, 0) is 18.1 Å². The Balaban J connectivity index is 1.31. The van der Waals surface area contributed by atoms with E-state index in [2.05, 4.69) is 50.1 Å². The number of carbonyl (C=O) groups is 2. The molecular weight excluding hydrogens is 466 g/mol. The molecule has 2 aromatic carbocycles. The molecule has 5 rings (SSSR count). The Hall–Kier alpha value is -4.24. The molecule has 3 heterocycles. The number of hydrogen-bond acceptors (Lipinski definition) is 6. The SMILES string of the molecule is CC(=O)NCCNc1nc(-c2ccccc2)nc2[nH]c(C(=O)NC3CCN(Cc4ccccc4)C3)cc12. The molecule has 9 heteroatoms. The van der Waals surface area contributed by atoms with Gasteiger partial charge in [-0.3, -0.25) is 14.5 Å². The van der Waals surface area contributed by atoms with Crippen LogP contribution >= 0.6 is 0 Å². The van der Waals surface area contributed by atoms with Gasteiger partial charge in [-0.1, -0.05) is 60.7 Å².